The van der Waals surface area contributed by atoms with E-state index in [1.807, 2.05) is 6.07 Å². The number of ether oxygens (including phenoxy) is 1. The third-order valence-electron chi connectivity index (χ3n) is 5.42. The van der Waals surface area contributed by atoms with Crippen molar-refractivity contribution in [2.75, 3.05) is 29.9 Å². The van der Waals surface area contributed by atoms with Crippen LogP contribution < -0.4 is 14.9 Å². The van der Waals surface area contributed by atoms with Gasteiger partial charge in [-0.2, -0.15) is 0 Å². The summed E-state index contributed by atoms with van der Waals surface area (Å²) in [7, 11) is -3.75. The van der Waals surface area contributed by atoms with Crippen molar-refractivity contribution in [2.45, 2.75) is 36.7 Å². The van der Waals surface area contributed by atoms with Crippen LogP contribution in [-0.4, -0.2) is 46.0 Å². The minimum atomic E-state index is -3.75. The quantitative estimate of drug-likeness (QED) is 0.684. The van der Waals surface area contributed by atoms with Crippen LogP contribution in [0.3, 0.4) is 0 Å². The van der Waals surface area contributed by atoms with Crippen LogP contribution in [0, 0.1) is 0 Å². The van der Waals surface area contributed by atoms with Crippen LogP contribution in [0.25, 0.3) is 0 Å². The summed E-state index contributed by atoms with van der Waals surface area (Å²) in [5.41, 5.74) is 1.49. The second-order valence-corrected chi connectivity index (χ2v) is 9.44. The summed E-state index contributed by atoms with van der Waals surface area (Å²) < 4.78 is 33.2. The van der Waals surface area contributed by atoms with Gasteiger partial charge in [0.05, 0.1) is 11.0 Å². The van der Waals surface area contributed by atoms with E-state index < -0.39 is 15.9 Å². The molecule has 0 bridgehead atoms. The molecule has 9 heteroatoms. The zero-order valence-corrected chi connectivity index (χ0v) is 17.9. The monoisotopic (exact) mass is 443 g/mol. The smallest absolute Gasteiger partial charge is 0.255 e. The second kappa shape index (κ2) is 9.17. The highest BCUT2D eigenvalue weighted by atomic mass is 32.2. The Morgan fingerprint density at radius 1 is 1.13 bits per heavy atom. The van der Waals surface area contributed by atoms with E-state index in [0.29, 0.717) is 25.3 Å². The molecule has 2 fully saturated rings. The lowest BCUT2D eigenvalue weighted by Crippen LogP contribution is -2.32. The second-order valence-electron chi connectivity index (χ2n) is 7.67. The van der Waals surface area contributed by atoms with E-state index in [2.05, 4.69) is 10.0 Å². The highest BCUT2D eigenvalue weighted by Crippen LogP contribution is 2.24. The maximum absolute atomic E-state index is 12.7. The Balaban J connectivity index is 1.45. The molecule has 2 saturated heterocycles. The third-order valence-corrected chi connectivity index (χ3v) is 6.84. The van der Waals surface area contributed by atoms with Gasteiger partial charge in [-0.25, -0.2) is 13.1 Å². The number of carbonyl (C=O) groups excluding carboxylic acids is 2. The lowest BCUT2D eigenvalue weighted by molar-refractivity contribution is -0.117. The fourth-order valence-electron chi connectivity index (χ4n) is 3.77. The molecular formula is C22H25N3O5S. The molecule has 0 radical (unpaired) electrons. The molecule has 0 aliphatic carbocycles. The van der Waals surface area contributed by atoms with E-state index in [-0.39, 0.29) is 29.0 Å². The average molecular weight is 444 g/mol. The normalized spacial score (nSPS) is 19.0. The summed E-state index contributed by atoms with van der Waals surface area (Å²) >= 11 is 0. The number of nitrogens with zero attached hydrogens (tertiary/aromatic N) is 1. The fourth-order valence-corrected chi connectivity index (χ4v) is 4.88. The standard InChI is InChI=1S/C22H25N3O5S/c26-21-10-3-11-25(21)18-7-2-6-17(14-18)24-22(27)16-5-1-9-20(13-16)31(28,29)23-15-19-8-4-12-30-19/h1-2,5-7,9,13-14,19,23H,3-4,8,10-12,15H2,(H,24,27). The Labute approximate surface area is 181 Å². The number of sulfonamides is 1. The number of hydrogen-bond donors (Lipinski definition) is 2. The Kier molecular flexibility index (Phi) is 6.35. The molecule has 164 valence electrons. The van der Waals surface area contributed by atoms with Gasteiger partial charge in [-0.1, -0.05) is 12.1 Å². The molecule has 8 nitrogen and oxygen atoms in total. The Hall–Kier alpha value is -2.75. The van der Waals surface area contributed by atoms with Gasteiger partial charge in [0, 0.05) is 43.1 Å². The zero-order chi connectivity index (χ0) is 21.8. The largest absolute Gasteiger partial charge is 0.377 e. The predicted molar refractivity (Wildman–Crippen MR) is 117 cm³/mol. The van der Waals surface area contributed by atoms with Crippen molar-refractivity contribution in [3.8, 4) is 0 Å². The van der Waals surface area contributed by atoms with Crippen LogP contribution in [0.5, 0.6) is 0 Å². The number of amides is 2. The van der Waals surface area contributed by atoms with Gasteiger partial charge in [0.15, 0.2) is 0 Å². The van der Waals surface area contributed by atoms with Crippen LogP contribution in [0.1, 0.15) is 36.0 Å². The van der Waals surface area contributed by atoms with Crippen molar-refractivity contribution in [1.29, 1.82) is 0 Å². The Morgan fingerprint density at radius 2 is 1.97 bits per heavy atom. The van der Waals surface area contributed by atoms with E-state index in [4.69, 9.17) is 4.74 Å². The molecule has 1 unspecified atom stereocenters. The molecule has 2 aromatic carbocycles. The number of hydrogen-bond acceptors (Lipinski definition) is 5. The first kappa shape index (κ1) is 21.5. The highest BCUT2D eigenvalue weighted by molar-refractivity contribution is 7.89. The van der Waals surface area contributed by atoms with E-state index in [0.717, 1.165) is 24.9 Å². The van der Waals surface area contributed by atoms with Gasteiger partial charge in [0.2, 0.25) is 15.9 Å². The van der Waals surface area contributed by atoms with E-state index in [1.165, 1.54) is 18.2 Å². The van der Waals surface area contributed by atoms with Crippen LogP contribution in [0.15, 0.2) is 53.4 Å². The van der Waals surface area contributed by atoms with Gasteiger partial charge in [0.25, 0.3) is 5.91 Å². The minimum absolute atomic E-state index is 0.0227. The third kappa shape index (κ3) is 5.12. The highest BCUT2D eigenvalue weighted by Gasteiger charge is 2.23. The first-order chi connectivity index (χ1) is 14.9. The van der Waals surface area contributed by atoms with Gasteiger partial charge in [-0.05, 0) is 55.7 Å². The number of benzene rings is 2. The Bertz CT molecular complexity index is 1080. The average Bonchev–Trinajstić information content (AvgIpc) is 3.44. The van der Waals surface area contributed by atoms with Crippen molar-refractivity contribution < 1.29 is 22.7 Å². The molecule has 0 saturated carbocycles. The molecule has 2 aliphatic rings. The Morgan fingerprint density at radius 3 is 2.71 bits per heavy atom. The van der Waals surface area contributed by atoms with Crippen molar-refractivity contribution in [2.24, 2.45) is 0 Å². The van der Waals surface area contributed by atoms with Gasteiger partial charge in [-0.15, -0.1) is 0 Å². The molecule has 0 aromatic heterocycles. The molecule has 2 aromatic rings. The number of carbonyl (C=O) groups is 2. The molecule has 2 heterocycles. The molecule has 2 N–H and O–H groups in total. The van der Waals surface area contributed by atoms with Gasteiger partial charge >= 0.3 is 0 Å². The van der Waals surface area contributed by atoms with Crippen molar-refractivity contribution in [3.63, 3.8) is 0 Å². The summed E-state index contributed by atoms with van der Waals surface area (Å²) in [5, 5.41) is 2.78. The van der Waals surface area contributed by atoms with Crippen LogP contribution >= 0.6 is 0 Å². The maximum Gasteiger partial charge on any atom is 0.255 e. The minimum Gasteiger partial charge on any atom is -0.377 e. The molecule has 2 aliphatic heterocycles. The first-order valence-electron chi connectivity index (χ1n) is 10.4. The zero-order valence-electron chi connectivity index (χ0n) is 17.0. The van der Waals surface area contributed by atoms with Crippen molar-refractivity contribution in [3.05, 3.63) is 54.1 Å². The SMILES string of the molecule is O=C(Nc1cccc(N2CCCC2=O)c1)c1cccc(S(=O)(=O)NCC2CCCO2)c1. The van der Waals surface area contributed by atoms with Crippen molar-refractivity contribution in [1.82, 2.24) is 4.72 Å². The molecule has 1 atom stereocenters. The molecule has 4 rings (SSSR count). The molecular weight excluding hydrogens is 418 g/mol. The lowest BCUT2D eigenvalue weighted by Gasteiger charge is -2.17. The molecule has 2 amide bonds. The van der Waals surface area contributed by atoms with Crippen LogP contribution in [0.4, 0.5) is 11.4 Å². The van der Waals surface area contributed by atoms with Gasteiger partial charge in [0.1, 0.15) is 0 Å². The molecule has 0 spiro atoms. The summed E-state index contributed by atoms with van der Waals surface area (Å²) in [6.07, 6.45) is 2.98. The number of rotatable bonds is 7. The van der Waals surface area contributed by atoms with E-state index in [9.17, 15) is 18.0 Å². The summed E-state index contributed by atoms with van der Waals surface area (Å²) in [4.78, 5) is 26.4. The maximum atomic E-state index is 12.7. The van der Waals surface area contributed by atoms with Crippen molar-refractivity contribution >= 4 is 33.2 Å². The summed E-state index contributed by atoms with van der Waals surface area (Å²) in [6, 6.07) is 13.0. The van der Waals surface area contributed by atoms with Gasteiger partial charge in [-0.3, -0.25) is 9.59 Å². The lowest BCUT2D eigenvalue weighted by atomic mass is 10.2. The fraction of sp³-hybridized carbons (Fsp3) is 0.364. The van der Waals surface area contributed by atoms with Gasteiger partial charge < -0.3 is 15.0 Å². The van der Waals surface area contributed by atoms with E-state index in [1.54, 1.807) is 29.2 Å². The summed E-state index contributed by atoms with van der Waals surface area (Å²) in [6.45, 7) is 1.52. The predicted octanol–water partition coefficient (Wildman–Crippen LogP) is 2.52. The first-order valence-corrected chi connectivity index (χ1v) is 11.8. The number of nitrogens with one attached hydrogen (secondary N) is 2. The topological polar surface area (TPSA) is 105 Å². The van der Waals surface area contributed by atoms with Crippen LogP contribution in [-0.2, 0) is 19.6 Å². The van der Waals surface area contributed by atoms with E-state index >= 15 is 0 Å². The summed E-state index contributed by atoms with van der Waals surface area (Å²) in [5.74, 6) is -0.363. The van der Waals surface area contributed by atoms with Crippen LogP contribution in [0.2, 0.25) is 0 Å². The number of anilines is 2. The molecule has 31 heavy (non-hydrogen) atoms.